The maximum Gasteiger partial charge on any atom is 0.119 e. The molecule has 0 saturated carbocycles. The summed E-state index contributed by atoms with van der Waals surface area (Å²) in [4.78, 5) is 0. The highest BCUT2D eigenvalue weighted by atomic mass is 16.5. The van der Waals surface area contributed by atoms with Crippen molar-refractivity contribution in [3.05, 3.63) is 71.8 Å². The quantitative estimate of drug-likeness (QED) is 0.0853. The van der Waals surface area contributed by atoms with Crippen LogP contribution in [0.25, 0.3) is 10.8 Å². The van der Waals surface area contributed by atoms with Crippen LogP contribution in [0.3, 0.4) is 0 Å². The molecular weight excluding hydrogens is 536 g/mol. The van der Waals surface area contributed by atoms with Crippen molar-refractivity contribution >= 4 is 10.8 Å². The van der Waals surface area contributed by atoms with Crippen molar-refractivity contribution in [2.75, 3.05) is 13.2 Å². The summed E-state index contributed by atoms with van der Waals surface area (Å²) in [5, 5.41) is 2.34. The predicted octanol–water partition coefficient (Wildman–Crippen LogP) is 12.1. The maximum atomic E-state index is 6.02. The lowest BCUT2D eigenvalue weighted by molar-refractivity contribution is 0.304. The number of fused-ring (bicyclic) bond motifs is 1. The van der Waals surface area contributed by atoms with E-state index in [9.17, 15) is 0 Å². The average Bonchev–Trinajstić information content (AvgIpc) is 3.05. The molecule has 0 aromatic heterocycles. The van der Waals surface area contributed by atoms with Gasteiger partial charge in [-0.25, -0.2) is 0 Å². The van der Waals surface area contributed by atoms with Crippen molar-refractivity contribution in [2.45, 2.75) is 129 Å². The highest BCUT2D eigenvalue weighted by molar-refractivity contribution is 5.85. The van der Waals surface area contributed by atoms with Gasteiger partial charge in [-0.05, 0) is 84.0 Å². The monoisotopic (exact) mass is 592 g/mol. The van der Waals surface area contributed by atoms with E-state index < -0.39 is 0 Å². The van der Waals surface area contributed by atoms with Gasteiger partial charge >= 0.3 is 0 Å². The van der Waals surface area contributed by atoms with Crippen LogP contribution in [0.1, 0.15) is 141 Å². The molecule has 236 valence electrons. The first kappa shape index (κ1) is 35.1. The van der Waals surface area contributed by atoms with Crippen molar-refractivity contribution in [1.29, 1.82) is 0 Å². The van der Waals surface area contributed by atoms with Crippen molar-refractivity contribution in [3.63, 3.8) is 0 Å². The van der Waals surface area contributed by atoms with Crippen LogP contribution < -0.4 is 9.47 Å². The minimum Gasteiger partial charge on any atom is -0.494 e. The van der Waals surface area contributed by atoms with Gasteiger partial charge in [-0.3, -0.25) is 0 Å². The standard InChI is InChI=1S/C42H56O2/c1-3-5-7-9-11-13-14-16-17-21-33-43-41-30-26-37(27-31-41)23-19-20-24-38-25-28-40-36-42(32-29-39(40)35-38)44-34-22-18-15-12-10-8-6-4-2/h25-32,35-36H,3-18,21-22,33-34H2,1-2H3. The molecule has 0 aliphatic heterocycles. The van der Waals surface area contributed by atoms with Crippen LogP contribution in [0, 0.1) is 23.7 Å². The largest absolute Gasteiger partial charge is 0.494 e. The summed E-state index contributed by atoms with van der Waals surface area (Å²) in [7, 11) is 0. The molecule has 0 fully saturated rings. The summed E-state index contributed by atoms with van der Waals surface area (Å²) in [6.07, 6.45) is 23.9. The van der Waals surface area contributed by atoms with Gasteiger partial charge in [-0.15, -0.1) is 0 Å². The highest BCUT2D eigenvalue weighted by Crippen LogP contribution is 2.22. The normalized spacial score (nSPS) is 10.6. The fourth-order valence-corrected chi connectivity index (χ4v) is 5.44. The van der Waals surface area contributed by atoms with Crippen LogP contribution >= 0.6 is 0 Å². The molecule has 2 heteroatoms. The lowest BCUT2D eigenvalue weighted by Gasteiger charge is -2.08. The zero-order valence-electron chi connectivity index (χ0n) is 27.7. The van der Waals surface area contributed by atoms with E-state index in [2.05, 4.69) is 73.9 Å². The van der Waals surface area contributed by atoms with Crippen molar-refractivity contribution in [1.82, 2.24) is 0 Å². The number of hydrogen-bond acceptors (Lipinski definition) is 2. The topological polar surface area (TPSA) is 18.5 Å². The van der Waals surface area contributed by atoms with Gasteiger partial charge in [-0.2, -0.15) is 0 Å². The first-order valence-electron chi connectivity index (χ1n) is 17.7. The second-order valence-corrected chi connectivity index (χ2v) is 12.1. The fraction of sp³-hybridized carbons (Fsp3) is 0.524. The van der Waals surface area contributed by atoms with E-state index in [-0.39, 0.29) is 0 Å². The summed E-state index contributed by atoms with van der Waals surface area (Å²) in [5.41, 5.74) is 1.92. The molecule has 3 rings (SSSR count). The van der Waals surface area contributed by atoms with E-state index in [1.54, 1.807) is 0 Å². The van der Waals surface area contributed by atoms with E-state index in [4.69, 9.17) is 9.47 Å². The van der Waals surface area contributed by atoms with Crippen molar-refractivity contribution in [3.8, 4) is 35.2 Å². The third-order valence-electron chi connectivity index (χ3n) is 8.18. The van der Waals surface area contributed by atoms with E-state index in [1.165, 1.54) is 108 Å². The number of rotatable bonds is 22. The number of benzene rings is 3. The Kier molecular flexibility index (Phi) is 18.4. The van der Waals surface area contributed by atoms with Crippen LogP contribution in [0.4, 0.5) is 0 Å². The van der Waals surface area contributed by atoms with Gasteiger partial charge in [0.2, 0.25) is 0 Å². The Balaban J connectivity index is 1.32. The molecule has 2 nitrogen and oxygen atoms in total. The first-order chi connectivity index (χ1) is 21.8. The second-order valence-electron chi connectivity index (χ2n) is 12.1. The third kappa shape index (κ3) is 15.4. The van der Waals surface area contributed by atoms with Crippen molar-refractivity contribution in [2.24, 2.45) is 0 Å². The molecule has 44 heavy (non-hydrogen) atoms. The number of hydrogen-bond donors (Lipinski definition) is 0. The molecule has 0 amide bonds. The van der Waals surface area contributed by atoms with Gasteiger partial charge in [-0.1, -0.05) is 141 Å². The van der Waals surface area contributed by atoms with Gasteiger partial charge in [0.1, 0.15) is 11.5 Å². The SMILES string of the molecule is CCCCCCCCCCCCOc1ccc(C#CC#Cc2ccc3cc(OCCCCCCCCCC)ccc3c2)cc1. The molecule has 0 heterocycles. The second kappa shape index (κ2) is 23.1. The first-order valence-corrected chi connectivity index (χ1v) is 17.7. The average molecular weight is 593 g/mol. The van der Waals surface area contributed by atoms with E-state index in [1.807, 2.05) is 24.3 Å². The minimum atomic E-state index is 0.784. The molecule has 0 spiro atoms. The molecule has 0 radical (unpaired) electrons. The van der Waals surface area contributed by atoms with Crippen LogP contribution in [0.2, 0.25) is 0 Å². The van der Waals surface area contributed by atoms with E-state index in [0.717, 1.165) is 54.1 Å². The van der Waals surface area contributed by atoms with Crippen LogP contribution in [0.5, 0.6) is 11.5 Å². The number of unbranched alkanes of at least 4 members (excludes halogenated alkanes) is 16. The molecular formula is C42H56O2. The van der Waals surface area contributed by atoms with E-state index in [0.29, 0.717) is 0 Å². The van der Waals surface area contributed by atoms with Gasteiger partial charge in [0, 0.05) is 11.1 Å². The smallest absolute Gasteiger partial charge is 0.119 e. The Hall–Kier alpha value is -3.36. The molecule has 3 aromatic rings. The summed E-state index contributed by atoms with van der Waals surface area (Å²) in [5.74, 6) is 14.2. The van der Waals surface area contributed by atoms with E-state index >= 15 is 0 Å². The summed E-state index contributed by atoms with van der Waals surface area (Å²) >= 11 is 0. The lowest BCUT2D eigenvalue weighted by atomic mass is 10.1. The molecule has 0 aliphatic carbocycles. The molecule has 0 atom stereocenters. The Morgan fingerprint density at radius 3 is 1.39 bits per heavy atom. The Labute approximate surface area is 269 Å². The van der Waals surface area contributed by atoms with Gasteiger partial charge in [0.05, 0.1) is 13.2 Å². The summed E-state index contributed by atoms with van der Waals surface area (Å²) in [6.45, 7) is 6.12. The zero-order valence-corrected chi connectivity index (χ0v) is 27.7. The molecule has 0 unspecified atom stereocenters. The Morgan fingerprint density at radius 1 is 0.409 bits per heavy atom. The molecule has 0 saturated heterocycles. The summed E-state index contributed by atoms with van der Waals surface area (Å²) < 4.78 is 11.9. The molecule has 0 aliphatic rings. The predicted molar refractivity (Wildman–Crippen MR) is 190 cm³/mol. The van der Waals surface area contributed by atoms with Crippen LogP contribution in [-0.4, -0.2) is 13.2 Å². The number of ether oxygens (including phenoxy) is 2. The Morgan fingerprint density at radius 2 is 0.818 bits per heavy atom. The van der Waals surface area contributed by atoms with Gasteiger partial charge < -0.3 is 9.47 Å². The summed E-state index contributed by atoms with van der Waals surface area (Å²) in [6, 6.07) is 20.6. The molecule has 3 aromatic carbocycles. The van der Waals surface area contributed by atoms with Crippen LogP contribution in [-0.2, 0) is 0 Å². The van der Waals surface area contributed by atoms with Gasteiger partial charge in [0.25, 0.3) is 0 Å². The molecule has 0 N–H and O–H groups in total. The molecule has 0 bridgehead atoms. The lowest BCUT2D eigenvalue weighted by Crippen LogP contribution is -1.97. The highest BCUT2D eigenvalue weighted by Gasteiger charge is 2.00. The van der Waals surface area contributed by atoms with Gasteiger partial charge in [0.15, 0.2) is 0 Å². The maximum absolute atomic E-state index is 6.02. The minimum absolute atomic E-state index is 0.784. The van der Waals surface area contributed by atoms with Crippen LogP contribution in [0.15, 0.2) is 60.7 Å². The third-order valence-corrected chi connectivity index (χ3v) is 8.18. The Bertz CT molecular complexity index is 1300. The fourth-order valence-electron chi connectivity index (χ4n) is 5.44. The van der Waals surface area contributed by atoms with Crippen molar-refractivity contribution < 1.29 is 9.47 Å². The zero-order chi connectivity index (χ0) is 30.9.